The van der Waals surface area contributed by atoms with E-state index in [1.807, 2.05) is 6.92 Å². The molecule has 1 amide bonds. The Labute approximate surface area is 106 Å². The van der Waals surface area contributed by atoms with Crippen molar-refractivity contribution in [1.29, 1.82) is 0 Å². The van der Waals surface area contributed by atoms with Crippen molar-refractivity contribution in [1.82, 2.24) is 5.32 Å². The number of nitrogens with two attached hydrogens (primary N) is 1. The van der Waals surface area contributed by atoms with Gasteiger partial charge in [0.05, 0.1) is 0 Å². The van der Waals surface area contributed by atoms with Crippen LogP contribution in [0.2, 0.25) is 0 Å². The van der Waals surface area contributed by atoms with Crippen molar-refractivity contribution in [2.24, 2.45) is 5.73 Å². The first kappa shape index (κ1) is 14.2. The molecule has 5 heteroatoms. The molecular weight excluding hydrogens is 232 g/mol. The first-order valence-electron chi connectivity index (χ1n) is 5.91. The summed E-state index contributed by atoms with van der Waals surface area (Å²) in [7, 11) is 0. The lowest BCUT2D eigenvalue weighted by molar-refractivity contribution is -0.139. The standard InChI is InChI=1S/C13H18N2O3/c1-2-3-11(13(17)18)15-12(16)10-6-4-9(8-14)5-7-10/h4-7,11H,2-3,8,14H2,1H3,(H,15,16)(H,17,18)/t11-/m1/s1. The van der Waals surface area contributed by atoms with Crippen LogP contribution in [0.5, 0.6) is 0 Å². The molecule has 1 rings (SSSR count). The highest BCUT2D eigenvalue weighted by atomic mass is 16.4. The normalized spacial score (nSPS) is 11.9. The molecule has 1 atom stereocenters. The van der Waals surface area contributed by atoms with Crippen LogP contribution in [0.3, 0.4) is 0 Å². The van der Waals surface area contributed by atoms with Crippen LogP contribution in [0.4, 0.5) is 0 Å². The molecule has 0 aliphatic heterocycles. The molecule has 0 aromatic heterocycles. The minimum Gasteiger partial charge on any atom is -0.480 e. The van der Waals surface area contributed by atoms with Gasteiger partial charge in [0, 0.05) is 12.1 Å². The third kappa shape index (κ3) is 3.85. The van der Waals surface area contributed by atoms with Gasteiger partial charge in [0.1, 0.15) is 6.04 Å². The molecule has 0 bridgehead atoms. The van der Waals surface area contributed by atoms with Crippen molar-refractivity contribution in [2.45, 2.75) is 32.4 Å². The maximum Gasteiger partial charge on any atom is 0.326 e. The molecule has 0 radical (unpaired) electrons. The number of aliphatic carboxylic acids is 1. The first-order chi connectivity index (χ1) is 8.58. The SMILES string of the molecule is CCC[C@@H](NC(=O)c1ccc(CN)cc1)C(=O)O. The summed E-state index contributed by atoms with van der Waals surface area (Å²) in [6.07, 6.45) is 1.12. The zero-order valence-electron chi connectivity index (χ0n) is 10.3. The van der Waals surface area contributed by atoms with Crippen molar-refractivity contribution in [2.75, 3.05) is 0 Å². The topological polar surface area (TPSA) is 92.4 Å². The van der Waals surface area contributed by atoms with Gasteiger partial charge >= 0.3 is 5.97 Å². The molecule has 0 heterocycles. The van der Waals surface area contributed by atoms with Gasteiger partial charge in [0.25, 0.3) is 5.91 Å². The molecule has 0 spiro atoms. The van der Waals surface area contributed by atoms with Gasteiger partial charge in [-0.15, -0.1) is 0 Å². The molecule has 1 aromatic carbocycles. The Bertz CT molecular complexity index is 415. The van der Waals surface area contributed by atoms with Crippen LogP contribution in [-0.4, -0.2) is 23.0 Å². The van der Waals surface area contributed by atoms with Crippen LogP contribution in [0.1, 0.15) is 35.7 Å². The number of benzene rings is 1. The van der Waals surface area contributed by atoms with E-state index in [1.165, 1.54) is 0 Å². The number of rotatable bonds is 6. The summed E-state index contributed by atoms with van der Waals surface area (Å²) in [4.78, 5) is 22.8. The van der Waals surface area contributed by atoms with Crippen LogP contribution < -0.4 is 11.1 Å². The van der Waals surface area contributed by atoms with Crippen molar-refractivity contribution >= 4 is 11.9 Å². The Kier molecular flexibility index (Phi) is 5.32. The van der Waals surface area contributed by atoms with E-state index in [0.717, 1.165) is 5.56 Å². The summed E-state index contributed by atoms with van der Waals surface area (Å²) < 4.78 is 0. The Balaban J connectivity index is 2.70. The maximum absolute atomic E-state index is 11.8. The van der Waals surface area contributed by atoms with Crippen LogP contribution in [0.25, 0.3) is 0 Å². The summed E-state index contributed by atoms with van der Waals surface area (Å²) in [6.45, 7) is 2.29. The van der Waals surface area contributed by atoms with Crippen molar-refractivity contribution in [3.05, 3.63) is 35.4 Å². The summed E-state index contributed by atoms with van der Waals surface area (Å²) in [6, 6.07) is 5.96. The van der Waals surface area contributed by atoms with E-state index in [4.69, 9.17) is 10.8 Å². The summed E-state index contributed by atoms with van der Waals surface area (Å²) in [5, 5.41) is 11.5. The van der Waals surface area contributed by atoms with E-state index in [2.05, 4.69) is 5.32 Å². The van der Waals surface area contributed by atoms with Gasteiger partial charge in [-0.2, -0.15) is 0 Å². The average molecular weight is 250 g/mol. The highest BCUT2D eigenvalue weighted by molar-refractivity contribution is 5.96. The molecule has 0 saturated heterocycles. The molecule has 98 valence electrons. The zero-order valence-corrected chi connectivity index (χ0v) is 10.3. The van der Waals surface area contributed by atoms with Crippen molar-refractivity contribution in [3.63, 3.8) is 0 Å². The number of carbonyl (C=O) groups is 2. The Morgan fingerprint density at radius 3 is 2.39 bits per heavy atom. The fourth-order valence-electron chi connectivity index (χ4n) is 1.58. The summed E-state index contributed by atoms with van der Waals surface area (Å²) >= 11 is 0. The van der Waals surface area contributed by atoms with Crippen molar-refractivity contribution < 1.29 is 14.7 Å². The highest BCUT2D eigenvalue weighted by Gasteiger charge is 2.19. The van der Waals surface area contributed by atoms with Gasteiger partial charge in [-0.3, -0.25) is 4.79 Å². The molecule has 5 nitrogen and oxygen atoms in total. The molecule has 0 aliphatic rings. The quantitative estimate of drug-likeness (QED) is 0.705. The lowest BCUT2D eigenvalue weighted by Gasteiger charge is -2.13. The molecule has 0 fully saturated rings. The second kappa shape index (κ2) is 6.76. The minimum absolute atomic E-state index is 0.376. The second-order valence-electron chi connectivity index (χ2n) is 4.05. The number of amides is 1. The van der Waals surface area contributed by atoms with Crippen LogP contribution in [-0.2, 0) is 11.3 Å². The monoisotopic (exact) mass is 250 g/mol. The molecule has 0 unspecified atom stereocenters. The summed E-state index contributed by atoms with van der Waals surface area (Å²) in [5.74, 6) is -1.39. The number of nitrogens with one attached hydrogen (secondary N) is 1. The van der Waals surface area contributed by atoms with Gasteiger partial charge in [0.2, 0.25) is 0 Å². The Morgan fingerprint density at radius 1 is 1.33 bits per heavy atom. The number of carboxylic acid groups (broad SMARTS) is 1. The van der Waals surface area contributed by atoms with Gasteiger partial charge < -0.3 is 16.2 Å². The number of carbonyl (C=O) groups excluding carboxylic acids is 1. The van der Waals surface area contributed by atoms with Gasteiger partial charge in [-0.1, -0.05) is 25.5 Å². The largest absolute Gasteiger partial charge is 0.480 e. The lowest BCUT2D eigenvalue weighted by atomic mass is 10.1. The van der Waals surface area contributed by atoms with Crippen LogP contribution in [0.15, 0.2) is 24.3 Å². The van der Waals surface area contributed by atoms with E-state index in [9.17, 15) is 9.59 Å². The van der Waals surface area contributed by atoms with E-state index in [-0.39, 0.29) is 5.91 Å². The summed E-state index contributed by atoms with van der Waals surface area (Å²) in [5.41, 5.74) is 6.82. The van der Waals surface area contributed by atoms with Crippen molar-refractivity contribution in [3.8, 4) is 0 Å². The number of carboxylic acids is 1. The lowest BCUT2D eigenvalue weighted by Crippen LogP contribution is -2.40. The molecule has 18 heavy (non-hydrogen) atoms. The van der Waals surface area contributed by atoms with Crippen LogP contribution in [0, 0.1) is 0 Å². The Hall–Kier alpha value is -1.88. The predicted octanol–water partition coefficient (Wildman–Crippen LogP) is 1.13. The molecule has 1 aromatic rings. The molecular formula is C13H18N2O3. The molecule has 0 aliphatic carbocycles. The highest BCUT2D eigenvalue weighted by Crippen LogP contribution is 2.05. The van der Waals surface area contributed by atoms with Gasteiger partial charge in [-0.05, 0) is 24.1 Å². The first-order valence-corrected chi connectivity index (χ1v) is 5.91. The fourth-order valence-corrected chi connectivity index (χ4v) is 1.58. The number of hydrogen-bond acceptors (Lipinski definition) is 3. The third-order valence-corrected chi connectivity index (χ3v) is 2.63. The van der Waals surface area contributed by atoms with E-state index in [1.54, 1.807) is 24.3 Å². The van der Waals surface area contributed by atoms with Gasteiger partial charge in [0.15, 0.2) is 0 Å². The van der Waals surface area contributed by atoms with Gasteiger partial charge in [-0.25, -0.2) is 4.79 Å². The minimum atomic E-state index is -1.01. The van der Waals surface area contributed by atoms with Crippen LogP contribution >= 0.6 is 0 Å². The zero-order chi connectivity index (χ0) is 13.5. The molecule has 4 N–H and O–H groups in total. The molecule has 0 saturated carbocycles. The smallest absolute Gasteiger partial charge is 0.326 e. The van der Waals surface area contributed by atoms with E-state index in [0.29, 0.717) is 24.9 Å². The average Bonchev–Trinajstić information content (AvgIpc) is 2.38. The van der Waals surface area contributed by atoms with E-state index < -0.39 is 12.0 Å². The number of hydrogen-bond donors (Lipinski definition) is 3. The Morgan fingerprint density at radius 2 is 1.94 bits per heavy atom. The second-order valence-corrected chi connectivity index (χ2v) is 4.05. The fraction of sp³-hybridized carbons (Fsp3) is 0.385. The maximum atomic E-state index is 11.8. The predicted molar refractivity (Wildman–Crippen MR) is 68.1 cm³/mol. The third-order valence-electron chi connectivity index (χ3n) is 2.63. The van der Waals surface area contributed by atoms with E-state index >= 15 is 0 Å².